The molecule has 0 aromatic heterocycles. The average molecular weight is 363 g/mol. The number of hydroxylamine groups is 2. The van der Waals surface area contributed by atoms with E-state index in [1.165, 1.54) is 0 Å². The number of ether oxygens (including phenoxy) is 1. The van der Waals surface area contributed by atoms with Gasteiger partial charge in [0.1, 0.15) is 6.61 Å². The topological polar surface area (TPSA) is 88.2 Å². The summed E-state index contributed by atoms with van der Waals surface area (Å²) in [5.74, 6) is -0.614. The van der Waals surface area contributed by atoms with E-state index in [2.05, 4.69) is 24.1 Å². The molecule has 1 aliphatic rings. The summed E-state index contributed by atoms with van der Waals surface area (Å²) in [5.41, 5.74) is 0.861. The molecule has 1 saturated heterocycles. The van der Waals surface area contributed by atoms with E-state index in [0.717, 1.165) is 18.2 Å². The van der Waals surface area contributed by atoms with Gasteiger partial charge in [-0.1, -0.05) is 13.8 Å². The van der Waals surface area contributed by atoms with Crippen LogP contribution in [-0.4, -0.2) is 60.7 Å². The van der Waals surface area contributed by atoms with E-state index in [1.54, 1.807) is 24.3 Å². The van der Waals surface area contributed by atoms with Gasteiger partial charge in [-0.2, -0.15) is 5.06 Å². The number of nitrogens with one attached hydrogen (secondary N) is 1. The van der Waals surface area contributed by atoms with E-state index in [9.17, 15) is 14.4 Å². The molecule has 0 saturated carbocycles. The number of esters is 1. The zero-order valence-corrected chi connectivity index (χ0v) is 15.2. The van der Waals surface area contributed by atoms with Crippen molar-refractivity contribution >= 4 is 23.7 Å². The van der Waals surface area contributed by atoms with Crippen LogP contribution in [0.25, 0.3) is 0 Å². The number of hydrogen-bond donors (Lipinski definition) is 1. The smallest absolute Gasteiger partial charge is 0.436 e. The Labute approximate surface area is 153 Å². The third kappa shape index (κ3) is 5.73. The number of rotatable bonds is 8. The molecular weight excluding hydrogens is 338 g/mol. The van der Waals surface area contributed by atoms with Gasteiger partial charge in [0.2, 0.25) is 0 Å². The first-order chi connectivity index (χ1) is 12.5. The highest BCUT2D eigenvalue weighted by molar-refractivity contribution is 5.91. The van der Waals surface area contributed by atoms with Crippen LogP contribution in [-0.2, 0) is 14.4 Å². The molecule has 0 radical (unpaired) electrons. The monoisotopic (exact) mass is 363 g/mol. The predicted molar refractivity (Wildman–Crippen MR) is 95.6 cm³/mol. The van der Waals surface area contributed by atoms with Gasteiger partial charge in [-0.3, -0.25) is 10.1 Å². The normalized spacial score (nSPS) is 13.8. The van der Waals surface area contributed by atoms with Gasteiger partial charge in [-0.05, 0) is 43.8 Å². The summed E-state index contributed by atoms with van der Waals surface area (Å²) in [4.78, 5) is 42.3. The molecule has 0 spiro atoms. The molecule has 8 nitrogen and oxygen atoms in total. The molecule has 1 aromatic carbocycles. The SMILES string of the molecule is CCN(CC)CCOC(=O)c1ccc(NC(=O)ON2CCCC2=O)cc1. The number of benzene rings is 1. The van der Waals surface area contributed by atoms with Crippen molar-refractivity contribution in [2.24, 2.45) is 0 Å². The first kappa shape index (κ1) is 19.7. The molecule has 1 fully saturated rings. The maximum atomic E-state index is 12.0. The number of carbonyl (C=O) groups excluding carboxylic acids is 3. The van der Waals surface area contributed by atoms with Crippen LogP contribution in [0.2, 0.25) is 0 Å². The fraction of sp³-hybridized carbons (Fsp3) is 0.500. The van der Waals surface area contributed by atoms with Gasteiger partial charge in [0.25, 0.3) is 5.91 Å². The second-order valence-corrected chi connectivity index (χ2v) is 5.84. The number of hydrogen-bond acceptors (Lipinski definition) is 6. The second-order valence-electron chi connectivity index (χ2n) is 5.84. The largest absolute Gasteiger partial charge is 0.461 e. The minimum atomic E-state index is -0.741. The van der Waals surface area contributed by atoms with Crippen LogP contribution >= 0.6 is 0 Å². The van der Waals surface area contributed by atoms with Crippen molar-refractivity contribution in [1.29, 1.82) is 0 Å². The Bertz CT molecular complexity index is 628. The Morgan fingerprint density at radius 2 is 1.88 bits per heavy atom. The van der Waals surface area contributed by atoms with E-state index in [-0.39, 0.29) is 5.91 Å². The van der Waals surface area contributed by atoms with Crippen LogP contribution in [0.3, 0.4) is 0 Å². The van der Waals surface area contributed by atoms with Gasteiger partial charge in [0.05, 0.1) is 12.1 Å². The summed E-state index contributed by atoms with van der Waals surface area (Å²) in [7, 11) is 0. The lowest BCUT2D eigenvalue weighted by atomic mass is 10.2. The van der Waals surface area contributed by atoms with Crippen molar-refractivity contribution in [1.82, 2.24) is 9.96 Å². The molecule has 26 heavy (non-hydrogen) atoms. The highest BCUT2D eigenvalue weighted by Gasteiger charge is 2.24. The third-order valence-corrected chi connectivity index (χ3v) is 4.13. The fourth-order valence-electron chi connectivity index (χ4n) is 2.54. The third-order valence-electron chi connectivity index (χ3n) is 4.13. The standard InChI is InChI=1S/C18H25N3O5/c1-3-20(4-2)12-13-25-17(23)14-7-9-15(10-8-14)19-18(24)26-21-11-5-6-16(21)22/h7-10H,3-6,11-13H2,1-2H3,(H,19,24). The van der Waals surface area contributed by atoms with Gasteiger partial charge in [-0.25, -0.2) is 9.59 Å². The van der Waals surface area contributed by atoms with E-state index < -0.39 is 12.1 Å². The maximum absolute atomic E-state index is 12.0. The first-order valence-electron chi connectivity index (χ1n) is 8.82. The summed E-state index contributed by atoms with van der Waals surface area (Å²) < 4.78 is 5.25. The predicted octanol–water partition coefficient (Wildman–Crippen LogP) is 2.27. The quantitative estimate of drug-likeness (QED) is 0.713. The van der Waals surface area contributed by atoms with Gasteiger partial charge < -0.3 is 14.5 Å². The number of anilines is 1. The van der Waals surface area contributed by atoms with Gasteiger partial charge in [-0.15, -0.1) is 0 Å². The van der Waals surface area contributed by atoms with Gasteiger partial charge >= 0.3 is 12.1 Å². The Morgan fingerprint density at radius 3 is 2.46 bits per heavy atom. The Morgan fingerprint density at radius 1 is 1.19 bits per heavy atom. The summed E-state index contributed by atoms with van der Waals surface area (Å²) in [6.07, 6.45) is 0.324. The Balaban J connectivity index is 1.78. The highest BCUT2D eigenvalue weighted by Crippen LogP contribution is 2.13. The van der Waals surface area contributed by atoms with E-state index >= 15 is 0 Å². The molecule has 142 valence electrons. The van der Waals surface area contributed by atoms with Crippen molar-refractivity contribution < 1.29 is 24.0 Å². The highest BCUT2D eigenvalue weighted by atomic mass is 16.7. The average Bonchev–Trinajstić information content (AvgIpc) is 3.03. The van der Waals surface area contributed by atoms with Crippen molar-refractivity contribution in [2.75, 3.05) is 38.1 Å². The van der Waals surface area contributed by atoms with Crippen LogP contribution in [0.1, 0.15) is 37.0 Å². The fourth-order valence-corrected chi connectivity index (χ4v) is 2.54. The number of nitrogens with zero attached hydrogens (tertiary/aromatic N) is 2. The molecule has 0 unspecified atom stereocenters. The summed E-state index contributed by atoms with van der Waals surface area (Å²) in [6, 6.07) is 6.29. The molecular formula is C18H25N3O5. The molecule has 0 atom stereocenters. The number of amides is 2. The van der Waals surface area contributed by atoms with Gasteiger partial charge in [0.15, 0.2) is 0 Å². The summed E-state index contributed by atoms with van der Waals surface area (Å²) >= 11 is 0. The lowest BCUT2D eigenvalue weighted by Gasteiger charge is -2.17. The van der Waals surface area contributed by atoms with E-state index in [4.69, 9.17) is 9.57 Å². The minimum Gasteiger partial charge on any atom is -0.461 e. The number of carbonyl (C=O) groups is 3. The summed E-state index contributed by atoms with van der Waals surface area (Å²) in [5, 5.41) is 3.57. The zero-order chi connectivity index (χ0) is 18.9. The Hall–Kier alpha value is -2.61. The van der Waals surface area contributed by atoms with Crippen LogP contribution in [0.5, 0.6) is 0 Å². The van der Waals surface area contributed by atoms with Crippen LogP contribution in [0.15, 0.2) is 24.3 Å². The minimum absolute atomic E-state index is 0.206. The van der Waals surface area contributed by atoms with Crippen molar-refractivity contribution in [2.45, 2.75) is 26.7 Å². The molecule has 2 rings (SSSR count). The molecule has 0 aliphatic carbocycles. The molecule has 1 N–H and O–H groups in total. The molecule has 1 aromatic rings. The first-order valence-corrected chi connectivity index (χ1v) is 8.82. The molecule has 8 heteroatoms. The lowest BCUT2D eigenvalue weighted by molar-refractivity contribution is -0.156. The summed E-state index contributed by atoms with van der Waals surface area (Å²) in [6.45, 7) is 7.37. The second kappa shape index (κ2) is 9.76. The zero-order valence-electron chi connectivity index (χ0n) is 15.2. The van der Waals surface area contributed by atoms with E-state index in [0.29, 0.717) is 43.8 Å². The van der Waals surface area contributed by atoms with Crippen molar-refractivity contribution in [3.8, 4) is 0 Å². The molecule has 0 bridgehead atoms. The molecule has 2 amide bonds. The molecule has 1 aliphatic heterocycles. The van der Waals surface area contributed by atoms with Crippen molar-refractivity contribution in [3.63, 3.8) is 0 Å². The van der Waals surface area contributed by atoms with Crippen LogP contribution in [0, 0.1) is 0 Å². The van der Waals surface area contributed by atoms with Gasteiger partial charge in [0, 0.05) is 18.7 Å². The van der Waals surface area contributed by atoms with Crippen molar-refractivity contribution in [3.05, 3.63) is 29.8 Å². The van der Waals surface area contributed by atoms with Crippen LogP contribution in [0.4, 0.5) is 10.5 Å². The molecule has 1 heterocycles. The lowest BCUT2D eigenvalue weighted by Crippen LogP contribution is -2.30. The van der Waals surface area contributed by atoms with Crippen LogP contribution < -0.4 is 5.32 Å². The Kier molecular flexibility index (Phi) is 7.40. The maximum Gasteiger partial charge on any atom is 0.436 e. The number of likely N-dealkylation sites (N-methyl/N-ethyl adjacent to an activating group) is 1. The van der Waals surface area contributed by atoms with E-state index in [1.807, 2.05) is 0 Å².